The highest BCUT2D eigenvalue weighted by Crippen LogP contribution is 2.28. The van der Waals surface area contributed by atoms with Crippen molar-refractivity contribution in [2.75, 3.05) is 19.0 Å². The van der Waals surface area contributed by atoms with Crippen LogP contribution in [0.25, 0.3) is 0 Å². The molecule has 1 saturated carbocycles. The molecule has 1 aliphatic carbocycles. The molecule has 0 unspecified atom stereocenters. The average molecular weight is 403 g/mol. The Bertz CT molecular complexity index is 742. The van der Waals surface area contributed by atoms with E-state index in [1.54, 1.807) is 7.11 Å². The van der Waals surface area contributed by atoms with Crippen LogP contribution in [0.5, 0.6) is 5.75 Å². The fourth-order valence-corrected chi connectivity index (χ4v) is 3.34. The Morgan fingerprint density at radius 1 is 1.24 bits per heavy atom. The van der Waals surface area contributed by atoms with Gasteiger partial charge in [-0.05, 0) is 61.2 Å². The number of halogens is 1. The molecule has 2 aromatic carbocycles. The first kappa shape index (κ1) is 18.0. The minimum absolute atomic E-state index is 0.0332. The summed E-state index contributed by atoms with van der Waals surface area (Å²) < 4.78 is 6.22. The highest BCUT2D eigenvalue weighted by Gasteiger charge is 2.30. The Hall–Kier alpha value is -1.85. The SMILES string of the molecule is COc1ccc(CN(CC(=O)Nc2ccc(Br)cc2C)C2CC2)cc1. The fraction of sp³-hybridized carbons (Fsp3) is 0.350. The third-order valence-corrected chi connectivity index (χ3v) is 4.91. The Morgan fingerprint density at radius 2 is 1.96 bits per heavy atom. The number of rotatable bonds is 7. The molecule has 5 heteroatoms. The molecule has 4 nitrogen and oxygen atoms in total. The Kier molecular flexibility index (Phi) is 5.76. The first-order chi connectivity index (χ1) is 12.0. The van der Waals surface area contributed by atoms with Crippen molar-refractivity contribution in [3.8, 4) is 5.75 Å². The van der Waals surface area contributed by atoms with Gasteiger partial charge in [0, 0.05) is 22.7 Å². The van der Waals surface area contributed by atoms with Crippen LogP contribution >= 0.6 is 15.9 Å². The van der Waals surface area contributed by atoms with E-state index < -0.39 is 0 Å². The van der Waals surface area contributed by atoms with Crippen LogP contribution in [0.15, 0.2) is 46.9 Å². The van der Waals surface area contributed by atoms with E-state index in [1.165, 1.54) is 18.4 Å². The standard InChI is InChI=1S/C20H23BrN2O2/c1-14-11-16(21)5-10-19(14)22-20(24)13-23(17-6-7-17)12-15-3-8-18(25-2)9-4-15/h3-5,8-11,17H,6-7,12-13H2,1-2H3,(H,22,24). The molecular formula is C20H23BrN2O2. The van der Waals surface area contributed by atoms with E-state index in [4.69, 9.17) is 4.74 Å². The van der Waals surface area contributed by atoms with Crippen LogP contribution in [0.2, 0.25) is 0 Å². The number of hydrogen-bond acceptors (Lipinski definition) is 3. The summed E-state index contributed by atoms with van der Waals surface area (Å²) >= 11 is 3.45. The number of ether oxygens (including phenoxy) is 1. The van der Waals surface area contributed by atoms with E-state index in [0.29, 0.717) is 12.6 Å². The van der Waals surface area contributed by atoms with Gasteiger partial charge in [-0.15, -0.1) is 0 Å². The molecule has 132 valence electrons. The lowest BCUT2D eigenvalue weighted by Gasteiger charge is -2.22. The van der Waals surface area contributed by atoms with Gasteiger partial charge in [0.25, 0.3) is 0 Å². The zero-order chi connectivity index (χ0) is 17.8. The van der Waals surface area contributed by atoms with Gasteiger partial charge in [-0.2, -0.15) is 0 Å². The van der Waals surface area contributed by atoms with Crippen LogP contribution < -0.4 is 10.1 Å². The minimum atomic E-state index is 0.0332. The van der Waals surface area contributed by atoms with Gasteiger partial charge in [-0.1, -0.05) is 28.1 Å². The Labute approximate surface area is 157 Å². The zero-order valence-electron chi connectivity index (χ0n) is 14.6. The van der Waals surface area contributed by atoms with Crippen molar-refractivity contribution in [3.63, 3.8) is 0 Å². The molecule has 0 heterocycles. The number of anilines is 1. The minimum Gasteiger partial charge on any atom is -0.497 e. The molecule has 0 spiro atoms. The van der Waals surface area contributed by atoms with Crippen LogP contribution in [-0.4, -0.2) is 30.5 Å². The second kappa shape index (κ2) is 8.02. The van der Waals surface area contributed by atoms with Gasteiger partial charge in [-0.25, -0.2) is 0 Å². The number of methoxy groups -OCH3 is 1. The summed E-state index contributed by atoms with van der Waals surface area (Å²) in [6.45, 7) is 3.18. The topological polar surface area (TPSA) is 41.6 Å². The monoisotopic (exact) mass is 402 g/mol. The molecule has 1 N–H and O–H groups in total. The molecule has 1 fully saturated rings. The van der Waals surface area contributed by atoms with Gasteiger partial charge in [0.2, 0.25) is 5.91 Å². The molecule has 25 heavy (non-hydrogen) atoms. The molecule has 0 bridgehead atoms. The van der Waals surface area contributed by atoms with Crippen molar-refractivity contribution in [1.82, 2.24) is 4.90 Å². The van der Waals surface area contributed by atoms with E-state index in [-0.39, 0.29) is 5.91 Å². The van der Waals surface area contributed by atoms with Gasteiger partial charge in [-0.3, -0.25) is 9.69 Å². The number of carbonyl (C=O) groups excluding carboxylic acids is 1. The van der Waals surface area contributed by atoms with Crippen molar-refractivity contribution in [3.05, 3.63) is 58.1 Å². The van der Waals surface area contributed by atoms with Crippen molar-refractivity contribution >= 4 is 27.5 Å². The lowest BCUT2D eigenvalue weighted by atomic mass is 10.2. The fourth-order valence-electron chi connectivity index (χ4n) is 2.86. The molecule has 0 saturated heterocycles. The largest absolute Gasteiger partial charge is 0.497 e. The lowest BCUT2D eigenvalue weighted by molar-refractivity contribution is -0.117. The smallest absolute Gasteiger partial charge is 0.238 e. The maximum absolute atomic E-state index is 12.5. The summed E-state index contributed by atoms with van der Waals surface area (Å²) in [6.07, 6.45) is 2.33. The van der Waals surface area contributed by atoms with E-state index in [1.807, 2.05) is 37.3 Å². The third kappa shape index (κ3) is 5.06. The highest BCUT2D eigenvalue weighted by atomic mass is 79.9. The summed E-state index contributed by atoms with van der Waals surface area (Å²) in [4.78, 5) is 14.8. The summed E-state index contributed by atoms with van der Waals surface area (Å²) in [5.41, 5.74) is 3.12. The number of hydrogen-bond donors (Lipinski definition) is 1. The van der Waals surface area contributed by atoms with Crippen LogP contribution in [0.4, 0.5) is 5.69 Å². The summed E-state index contributed by atoms with van der Waals surface area (Å²) in [5, 5.41) is 3.03. The highest BCUT2D eigenvalue weighted by molar-refractivity contribution is 9.10. The second-order valence-electron chi connectivity index (χ2n) is 6.49. The van der Waals surface area contributed by atoms with Gasteiger partial charge in [0.05, 0.1) is 13.7 Å². The van der Waals surface area contributed by atoms with Crippen molar-refractivity contribution in [1.29, 1.82) is 0 Å². The molecule has 0 radical (unpaired) electrons. The van der Waals surface area contributed by atoms with Crippen molar-refractivity contribution in [2.24, 2.45) is 0 Å². The van der Waals surface area contributed by atoms with Gasteiger partial charge in [0.15, 0.2) is 0 Å². The molecular weight excluding hydrogens is 380 g/mol. The molecule has 0 atom stereocenters. The Balaban J connectivity index is 1.62. The average Bonchev–Trinajstić information content (AvgIpc) is 3.42. The van der Waals surface area contributed by atoms with Crippen LogP contribution in [0.1, 0.15) is 24.0 Å². The molecule has 3 rings (SSSR count). The van der Waals surface area contributed by atoms with E-state index in [0.717, 1.165) is 28.0 Å². The van der Waals surface area contributed by atoms with E-state index in [9.17, 15) is 4.79 Å². The van der Waals surface area contributed by atoms with Crippen LogP contribution in [-0.2, 0) is 11.3 Å². The molecule has 2 aromatic rings. The summed E-state index contributed by atoms with van der Waals surface area (Å²) in [7, 11) is 1.67. The predicted octanol–water partition coefficient (Wildman–Crippen LogP) is 4.37. The van der Waals surface area contributed by atoms with Crippen LogP contribution in [0.3, 0.4) is 0 Å². The Morgan fingerprint density at radius 3 is 2.56 bits per heavy atom. The van der Waals surface area contributed by atoms with E-state index in [2.05, 4.69) is 38.3 Å². The number of nitrogens with one attached hydrogen (secondary N) is 1. The predicted molar refractivity (Wildman–Crippen MR) is 104 cm³/mol. The van der Waals surface area contributed by atoms with Gasteiger partial charge < -0.3 is 10.1 Å². The number of benzene rings is 2. The summed E-state index contributed by atoms with van der Waals surface area (Å²) in [6, 6.07) is 14.4. The van der Waals surface area contributed by atoms with Crippen LogP contribution in [0, 0.1) is 6.92 Å². The molecule has 1 amide bonds. The number of aryl methyl sites for hydroxylation is 1. The zero-order valence-corrected chi connectivity index (χ0v) is 16.2. The number of nitrogens with zero attached hydrogens (tertiary/aromatic N) is 1. The maximum atomic E-state index is 12.5. The third-order valence-electron chi connectivity index (χ3n) is 4.42. The quantitative estimate of drug-likeness (QED) is 0.747. The molecule has 0 aliphatic heterocycles. The summed E-state index contributed by atoms with van der Waals surface area (Å²) in [5.74, 6) is 0.885. The van der Waals surface area contributed by atoms with Gasteiger partial charge >= 0.3 is 0 Å². The number of amides is 1. The lowest BCUT2D eigenvalue weighted by Crippen LogP contribution is -2.34. The maximum Gasteiger partial charge on any atom is 0.238 e. The molecule has 1 aliphatic rings. The number of carbonyl (C=O) groups is 1. The second-order valence-corrected chi connectivity index (χ2v) is 7.41. The van der Waals surface area contributed by atoms with Crippen molar-refractivity contribution < 1.29 is 9.53 Å². The first-order valence-corrected chi connectivity index (χ1v) is 9.27. The first-order valence-electron chi connectivity index (χ1n) is 8.48. The van der Waals surface area contributed by atoms with Crippen molar-refractivity contribution in [2.45, 2.75) is 32.4 Å². The van der Waals surface area contributed by atoms with E-state index >= 15 is 0 Å². The molecule has 0 aromatic heterocycles. The van der Waals surface area contributed by atoms with Gasteiger partial charge in [0.1, 0.15) is 5.75 Å². The normalized spacial score (nSPS) is 13.8.